The Morgan fingerprint density at radius 2 is 1.92 bits per heavy atom. The van der Waals surface area contributed by atoms with Gasteiger partial charge >= 0.3 is 0 Å². The molecule has 2 fully saturated rings. The number of rotatable bonds is 3. The molecule has 24 heavy (non-hydrogen) atoms. The molecule has 126 valence electrons. The summed E-state index contributed by atoms with van der Waals surface area (Å²) >= 11 is 6.24. The highest BCUT2D eigenvalue weighted by molar-refractivity contribution is 6.34. The van der Waals surface area contributed by atoms with Crippen molar-refractivity contribution in [1.29, 1.82) is 0 Å². The van der Waals surface area contributed by atoms with Gasteiger partial charge in [0.05, 0.1) is 10.7 Å². The molecule has 2 aliphatic carbocycles. The SMILES string of the molecule is O=C(Nc1cc(C(=O)N2CCCC2)ccc1Cl)C1CC2C=CC1C2. The van der Waals surface area contributed by atoms with E-state index in [1.165, 1.54) is 0 Å². The highest BCUT2D eigenvalue weighted by Gasteiger charge is 2.39. The number of hydrogen-bond acceptors (Lipinski definition) is 2. The zero-order chi connectivity index (χ0) is 16.7. The van der Waals surface area contributed by atoms with Gasteiger partial charge < -0.3 is 10.2 Å². The molecule has 0 radical (unpaired) electrons. The quantitative estimate of drug-likeness (QED) is 0.849. The van der Waals surface area contributed by atoms with Crippen LogP contribution in [0, 0.1) is 17.8 Å². The third kappa shape index (κ3) is 2.84. The third-order valence-corrected chi connectivity index (χ3v) is 5.81. The summed E-state index contributed by atoms with van der Waals surface area (Å²) in [6, 6.07) is 5.14. The second kappa shape index (κ2) is 6.25. The van der Waals surface area contributed by atoms with Crippen LogP contribution in [0.2, 0.25) is 5.02 Å². The fourth-order valence-electron chi connectivity index (χ4n) is 4.16. The van der Waals surface area contributed by atoms with Gasteiger partial charge in [-0.2, -0.15) is 0 Å². The number of carbonyl (C=O) groups excluding carboxylic acids is 2. The lowest BCUT2D eigenvalue weighted by atomic mass is 9.93. The molecule has 3 unspecified atom stereocenters. The summed E-state index contributed by atoms with van der Waals surface area (Å²) in [6.07, 6.45) is 8.49. The van der Waals surface area contributed by atoms with Gasteiger partial charge in [0.15, 0.2) is 0 Å². The molecule has 0 spiro atoms. The van der Waals surface area contributed by atoms with Crippen LogP contribution in [-0.4, -0.2) is 29.8 Å². The van der Waals surface area contributed by atoms with Gasteiger partial charge in [0, 0.05) is 24.6 Å². The first kappa shape index (κ1) is 15.7. The fraction of sp³-hybridized carbons (Fsp3) is 0.474. The van der Waals surface area contributed by atoms with E-state index in [-0.39, 0.29) is 17.7 Å². The molecular formula is C19H21ClN2O2. The Bertz CT molecular complexity index is 709. The average Bonchev–Trinajstić information content (AvgIpc) is 3.33. The van der Waals surface area contributed by atoms with E-state index in [9.17, 15) is 9.59 Å². The van der Waals surface area contributed by atoms with Crippen LogP contribution >= 0.6 is 11.6 Å². The number of benzene rings is 1. The first-order valence-corrected chi connectivity index (χ1v) is 9.07. The van der Waals surface area contributed by atoms with Crippen LogP contribution in [-0.2, 0) is 4.79 Å². The Morgan fingerprint density at radius 3 is 2.58 bits per heavy atom. The van der Waals surface area contributed by atoms with E-state index in [0.717, 1.165) is 38.8 Å². The van der Waals surface area contributed by atoms with Gasteiger partial charge in [-0.3, -0.25) is 9.59 Å². The van der Waals surface area contributed by atoms with Crippen LogP contribution in [0.4, 0.5) is 5.69 Å². The summed E-state index contributed by atoms with van der Waals surface area (Å²) in [6.45, 7) is 1.61. The molecule has 3 aliphatic rings. The molecular weight excluding hydrogens is 324 g/mol. The van der Waals surface area contributed by atoms with Gasteiger partial charge in [-0.1, -0.05) is 23.8 Å². The van der Waals surface area contributed by atoms with Crippen molar-refractivity contribution in [1.82, 2.24) is 4.90 Å². The van der Waals surface area contributed by atoms with Crippen LogP contribution in [0.3, 0.4) is 0 Å². The maximum atomic E-state index is 12.6. The fourth-order valence-corrected chi connectivity index (χ4v) is 4.33. The number of likely N-dealkylation sites (tertiary alicyclic amines) is 1. The smallest absolute Gasteiger partial charge is 0.253 e. The van der Waals surface area contributed by atoms with E-state index >= 15 is 0 Å². The highest BCUT2D eigenvalue weighted by atomic mass is 35.5. The van der Waals surface area contributed by atoms with Crippen molar-refractivity contribution < 1.29 is 9.59 Å². The van der Waals surface area contributed by atoms with Crippen molar-refractivity contribution in [2.75, 3.05) is 18.4 Å². The van der Waals surface area contributed by atoms with Crippen molar-refractivity contribution in [3.8, 4) is 0 Å². The van der Waals surface area contributed by atoms with Gasteiger partial charge in [-0.15, -0.1) is 0 Å². The number of nitrogens with one attached hydrogen (secondary N) is 1. The summed E-state index contributed by atoms with van der Waals surface area (Å²) in [5, 5.41) is 3.42. The number of carbonyl (C=O) groups is 2. The minimum absolute atomic E-state index is 0.0134. The van der Waals surface area contributed by atoms with Gasteiger partial charge in [-0.25, -0.2) is 0 Å². The number of allylic oxidation sites excluding steroid dienone is 2. The number of halogens is 1. The Balaban J connectivity index is 1.50. The first-order valence-electron chi connectivity index (χ1n) is 8.70. The van der Waals surface area contributed by atoms with Crippen molar-refractivity contribution in [2.24, 2.45) is 17.8 Å². The molecule has 0 aromatic heterocycles. The maximum absolute atomic E-state index is 12.6. The molecule has 1 saturated heterocycles. The molecule has 3 atom stereocenters. The van der Waals surface area contributed by atoms with E-state index in [1.807, 2.05) is 4.90 Å². The van der Waals surface area contributed by atoms with Crippen molar-refractivity contribution >= 4 is 29.1 Å². The Labute approximate surface area is 146 Å². The van der Waals surface area contributed by atoms with Crippen molar-refractivity contribution in [2.45, 2.75) is 25.7 Å². The lowest BCUT2D eigenvalue weighted by Crippen LogP contribution is -2.28. The minimum atomic E-state index is 0.0134. The molecule has 1 aromatic rings. The number of amides is 2. The van der Waals surface area contributed by atoms with E-state index in [0.29, 0.717) is 28.1 Å². The topological polar surface area (TPSA) is 49.4 Å². The van der Waals surface area contributed by atoms with Gasteiger partial charge in [0.1, 0.15) is 0 Å². The number of hydrogen-bond donors (Lipinski definition) is 1. The van der Waals surface area contributed by atoms with Crippen molar-refractivity contribution in [3.63, 3.8) is 0 Å². The molecule has 1 heterocycles. The van der Waals surface area contributed by atoms with Gasteiger partial charge in [-0.05, 0) is 55.7 Å². The molecule has 2 bridgehead atoms. The zero-order valence-corrected chi connectivity index (χ0v) is 14.3. The Hall–Kier alpha value is -1.81. The number of anilines is 1. The van der Waals surface area contributed by atoms with E-state index in [1.54, 1.807) is 18.2 Å². The second-order valence-electron chi connectivity index (χ2n) is 7.07. The maximum Gasteiger partial charge on any atom is 0.253 e. The molecule has 1 N–H and O–H groups in total. The van der Waals surface area contributed by atoms with Crippen LogP contribution in [0.15, 0.2) is 30.4 Å². The molecule has 4 rings (SSSR count). The molecule has 1 aliphatic heterocycles. The summed E-state index contributed by atoms with van der Waals surface area (Å²) in [5.74, 6) is 0.948. The molecule has 1 aromatic carbocycles. The normalized spacial score (nSPS) is 27.7. The van der Waals surface area contributed by atoms with E-state index < -0.39 is 0 Å². The first-order chi connectivity index (χ1) is 11.6. The van der Waals surface area contributed by atoms with Crippen LogP contribution in [0.25, 0.3) is 0 Å². The molecule has 1 saturated carbocycles. The summed E-state index contributed by atoms with van der Waals surface area (Å²) in [4.78, 5) is 27.0. The van der Waals surface area contributed by atoms with E-state index in [4.69, 9.17) is 11.6 Å². The molecule has 4 nitrogen and oxygen atoms in total. The van der Waals surface area contributed by atoms with Gasteiger partial charge in [0.25, 0.3) is 5.91 Å². The van der Waals surface area contributed by atoms with Crippen LogP contribution in [0.5, 0.6) is 0 Å². The summed E-state index contributed by atoms with van der Waals surface area (Å²) in [7, 11) is 0. The van der Waals surface area contributed by atoms with Crippen LogP contribution in [0.1, 0.15) is 36.0 Å². The third-order valence-electron chi connectivity index (χ3n) is 5.48. The number of fused-ring (bicyclic) bond motifs is 2. The summed E-state index contributed by atoms with van der Waals surface area (Å²) in [5.41, 5.74) is 1.13. The van der Waals surface area contributed by atoms with Crippen LogP contribution < -0.4 is 5.32 Å². The largest absolute Gasteiger partial charge is 0.339 e. The summed E-state index contributed by atoms with van der Waals surface area (Å²) < 4.78 is 0. The lowest BCUT2D eigenvalue weighted by Gasteiger charge is -2.19. The van der Waals surface area contributed by atoms with Crippen molar-refractivity contribution in [3.05, 3.63) is 40.9 Å². The van der Waals surface area contributed by atoms with E-state index in [2.05, 4.69) is 17.5 Å². The minimum Gasteiger partial charge on any atom is -0.339 e. The van der Waals surface area contributed by atoms with Gasteiger partial charge in [0.2, 0.25) is 5.91 Å². The highest BCUT2D eigenvalue weighted by Crippen LogP contribution is 2.44. The second-order valence-corrected chi connectivity index (χ2v) is 7.48. The lowest BCUT2D eigenvalue weighted by molar-refractivity contribution is -0.120. The number of nitrogens with zero attached hydrogens (tertiary/aromatic N) is 1. The predicted molar refractivity (Wildman–Crippen MR) is 94.1 cm³/mol. The zero-order valence-electron chi connectivity index (χ0n) is 13.5. The predicted octanol–water partition coefficient (Wildman–Crippen LogP) is 3.73. The average molecular weight is 345 g/mol. The standard InChI is InChI=1S/C19H21ClN2O2/c20-16-6-5-14(19(24)22-7-1-2-8-22)11-17(16)21-18(23)15-10-12-3-4-13(15)9-12/h3-6,11-13,15H,1-2,7-10H2,(H,21,23). The Morgan fingerprint density at radius 1 is 1.12 bits per heavy atom. The molecule has 5 heteroatoms. The monoisotopic (exact) mass is 344 g/mol. The molecule has 2 amide bonds. The Kier molecular flexibility index (Phi) is 4.09.